The first-order valence-corrected chi connectivity index (χ1v) is 13.2. The van der Waals surface area contributed by atoms with Crippen molar-refractivity contribution in [3.8, 4) is 0 Å². The number of amides is 1. The third-order valence-corrected chi connectivity index (χ3v) is 8.88. The molecule has 1 aromatic heterocycles. The van der Waals surface area contributed by atoms with Gasteiger partial charge in [0.1, 0.15) is 0 Å². The molecule has 8 heteroatoms. The Hall–Kier alpha value is -2.58. The number of sulfone groups is 1. The molecule has 1 aliphatic heterocycles. The normalized spacial score (nSPS) is 20.0. The highest BCUT2D eigenvalue weighted by atomic mass is 32.2. The molecule has 1 N–H and O–H groups in total. The molecule has 2 heterocycles. The van der Waals surface area contributed by atoms with Crippen LogP contribution in [0, 0.1) is 12.8 Å². The van der Waals surface area contributed by atoms with Crippen LogP contribution in [0.5, 0.6) is 0 Å². The number of benzene rings is 1. The number of carbonyl (C=O) groups is 1. The van der Waals surface area contributed by atoms with Crippen molar-refractivity contribution < 1.29 is 17.9 Å². The van der Waals surface area contributed by atoms with E-state index in [0.717, 1.165) is 55.3 Å². The van der Waals surface area contributed by atoms with E-state index in [0.29, 0.717) is 29.5 Å². The maximum absolute atomic E-state index is 13.4. The maximum atomic E-state index is 13.4. The van der Waals surface area contributed by atoms with E-state index < -0.39 is 9.84 Å². The molecule has 33 heavy (non-hydrogen) atoms. The lowest BCUT2D eigenvalue weighted by atomic mass is 9.92. The van der Waals surface area contributed by atoms with Crippen molar-refractivity contribution in [1.82, 2.24) is 9.97 Å². The molecule has 0 atom stereocenters. The van der Waals surface area contributed by atoms with Gasteiger partial charge < -0.3 is 10.1 Å². The number of nitrogens with zero attached hydrogens (tertiary/aromatic N) is 2. The predicted molar refractivity (Wildman–Crippen MR) is 126 cm³/mol. The Morgan fingerprint density at radius 2 is 1.82 bits per heavy atom. The predicted octanol–water partition coefficient (Wildman–Crippen LogP) is 4.05. The molecule has 0 unspecified atom stereocenters. The summed E-state index contributed by atoms with van der Waals surface area (Å²) >= 11 is 0. The SMILES string of the molecule is Cc1cnc(NC(=O)/C(=C/C2CCOCC2)c2ccc(S(=O)(=O)C3CC3)c(C3CC3)c2)cn1. The summed E-state index contributed by atoms with van der Waals surface area (Å²) in [6.07, 6.45) is 10.3. The van der Waals surface area contributed by atoms with Gasteiger partial charge in [-0.2, -0.15) is 0 Å². The zero-order valence-corrected chi connectivity index (χ0v) is 19.6. The summed E-state index contributed by atoms with van der Waals surface area (Å²) in [5.41, 5.74) is 2.92. The van der Waals surface area contributed by atoms with Gasteiger partial charge in [-0.25, -0.2) is 13.4 Å². The van der Waals surface area contributed by atoms with Crippen molar-refractivity contribution in [1.29, 1.82) is 0 Å². The molecule has 1 aromatic carbocycles. The van der Waals surface area contributed by atoms with Gasteiger partial charge >= 0.3 is 0 Å². The van der Waals surface area contributed by atoms with Crippen molar-refractivity contribution in [2.75, 3.05) is 18.5 Å². The van der Waals surface area contributed by atoms with E-state index in [1.165, 1.54) is 0 Å². The second-order valence-corrected chi connectivity index (χ2v) is 11.5. The van der Waals surface area contributed by atoms with Crippen LogP contribution in [0.4, 0.5) is 5.82 Å². The van der Waals surface area contributed by atoms with E-state index >= 15 is 0 Å². The first-order valence-electron chi connectivity index (χ1n) is 11.7. The number of anilines is 1. The van der Waals surface area contributed by atoms with Crippen molar-refractivity contribution in [3.63, 3.8) is 0 Å². The minimum Gasteiger partial charge on any atom is -0.381 e. The van der Waals surface area contributed by atoms with Crippen molar-refractivity contribution in [2.24, 2.45) is 5.92 Å². The first-order chi connectivity index (χ1) is 15.9. The Bertz CT molecular complexity index is 1180. The molecule has 2 aromatic rings. The quantitative estimate of drug-likeness (QED) is 0.617. The summed E-state index contributed by atoms with van der Waals surface area (Å²) in [4.78, 5) is 22.3. The standard InChI is InChI=1S/C25H29N3O4S/c1-16-14-27-24(15-26-16)28-25(29)22(12-17-8-10-32-11-9-17)19-4-7-23(21(13-19)18-2-3-18)33(30,31)20-5-6-20/h4,7,12-15,17-18,20H,2-3,5-6,8-11H2,1H3,(H,27,28,29)/b22-12+. The number of ether oxygens (including phenoxy) is 1. The topological polar surface area (TPSA) is 98.2 Å². The van der Waals surface area contributed by atoms with Crippen LogP contribution in [-0.2, 0) is 19.4 Å². The number of nitrogens with one attached hydrogen (secondary N) is 1. The molecule has 3 aliphatic rings. The Morgan fingerprint density at radius 3 is 2.45 bits per heavy atom. The molecule has 7 nitrogen and oxygen atoms in total. The van der Waals surface area contributed by atoms with Gasteiger partial charge in [-0.3, -0.25) is 9.78 Å². The smallest absolute Gasteiger partial charge is 0.257 e. The summed E-state index contributed by atoms with van der Waals surface area (Å²) in [6, 6.07) is 5.43. The van der Waals surface area contributed by atoms with E-state index in [4.69, 9.17) is 4.74 Å². The summed E-state index contributed by atoms with van der Waals surface area (Å²) in [6.45, 7) is 3.18. The summed E-state index contributed by atoms with van der Waals surface area (Å²) < 4.78 is 31.5. The van der Waals surface area contributed by atoms with Gasteiger partial charge in [0.25, 0.3) is 5.91 Å². The molecule has 1 saturated heterocycles. The zero-order chi connectivity index (χ0) is 23.0. The highest BCUT2D eigenvalue weighted by Gasteiger charge is 2.40. The van der Waals surface area contributed by atoms with Gasteiger partial charge in [0.2, 0.25) is 0 Å². The van der Waals surface area contributed by atoms with Gasteiger partial charge in [0, 0.05) is 18.8 Å². The van der Waals surface area contributed by atoms with Crippen molar-refractivity contribution >= 4 is 27.1 Å². The van der Waals surface area contributed by atoms with Gasteiger partial charge in [0.05, 0.1) is 28.2 Å². The number of hydrogen-bond acceptors (Lipinski definition) is 6. The molecule has 0 spiro atoms. The monoisotopic (exact) mass is 467 g/mol. The number of aromatic nitrogens is 2. The fourth-order valence-electron chi connectivity index (χ4n) is 4.31. The molecule has 5 rings (SSSR count). The van der Waals surface area contributed by atoms with E-state index in [9.17, 15) is 13.2 Å². The average Bonchev–Trinajstić information content (AvgIpc) is 3.72. The first kappa shape index (κ1) is 22.2. The van der Waals surface area contributed by atoms with Gasteiger partial charge in [-0.1, -0.05) is 12.1 Å². The van der Waals surface area contributed by atoms with Crippen LogP contribution in [0.2, 0.25) is 0 Å². The second-order valence-electron chi connectivity index (χ2n) is 9.30. The van der Waals surface area contributed by atoms with E-state index in [2.05, 4.69) is 15.3 Å². The summed E-state index contributed by atoms with van der Waals surface area (Å²) in [7, 11) is -3.30. The van der Waals surface area contributed by atoms with Crippen molar-refractivity contribution in [2.45, 2.75) is 61.5 Å². The number of hydrogen-bond donors (Lipinski definition) is 1. The highest BCUT2D eigenvalue weighted by Crippen LogP contribution is 2.46. The van der Waals surface area contributed by atoms with Crippen LogP contribution < -0.4 is 5.32 Å². The number of aryl methyl sites for hydroxylation is 1. The van der Waals surface area contributed by atoms with Crippen LogP contribution in [0.25, 0.3) is 5.57 Å². The van der Waals surface area contributed by atoms with Crippen LogP contribution in [0.3, 0.4) is 0 Å². The van der Waals surface area contributed by atoms with E-state index in [1.807, 2.05) is 19.1 Å². The molecular weight excluding hydrogens is 438 g/mol. The minimum atomic E-state index is -3.30. The van der Waals surface area contributed by atoms with E-state index in [1.54, 1.807) is 24.5 Å². The lowest BCUT2D eigenvalue weighted by molar-refractivity contribution is -0.111. The lowest BCUT2D eigenvalue weighted by Crippen LogP contribution is -2.19. The fraction of sp³-hybridized carbons (Fsp3) is 0.480. The van der Waals surface area contributed by atoms with Crippen molar-refractivity contribution in [3.05, 3.63) is 53.5 Å². The Morgan fingerprint density at radius 1 is 1.06 bits per heavy atom. The largest absolute Gasteiger partial charge is 0.381 e. The molecule has 3 fully saturated rings. The second kappa shape index (κ2) is 8.99. The number of rotatable bonds is 7. The van der Waals surface area contributed by atoms with Crippen LogP contribution in [0.1, 0.15) is 61.3 Å². The molecule has 1 amide bonds. The Labute approximate surface area is 194 Å². The van der Waals surface area contributed by atoms with Crippen LogP contribution in [0.15, 0.2) is 41.6 Å². The van der Waals surface area contributed by atoms with Gasteiger partial charge in [0.15, 0.2) is 15.7 Å². The van der Waals surface area contributed by atoms with Gasteiger partial charge in [-0.15, -0.1) is 0 Å². The highest BCUT2D eigenvalue weighted by molar-refractivity contribution is 7.92. The number of allylic oxidation sites excluding steroid dienone is 1. The van der Waals surface area contributed by atoms with E-state index in [-0.39, 0.29) is 23.0 Å². The average molecular weight is 468 g/mol. The molecule has 0 bridgehead atoms. The maximum Gasteiger partial charge on any atom is 0.257 e. The molecule has 174 valence electrons. The molecule has 0 radical (unpaired) electrons. The summed E-state index contributed by atoms with van der Waals surface area (Å²) in [5.74, 6) is 0.602. The van der Waals surface area contributed by atoms with Crippen LogP contribution in [-0.4, -0.2) is 42.8 Å². The lowest BCUT2D eigenvalue weighted by Gasteiger charge is -2.21. The molecule has 2 aliphatic carbocycles. The third-order valence-electron chi connectivity index (χ3n) is 6.54. The van der Waals surface area contributed by atoms with Gasteiger partial charge in [-0.05, 0) is 80.5 Å². The third kappa shape index (κ3) is 5.01. The molecule has 2 saturated carbocycles. The number of carbonyl (C=O) groups excluding carboxylic acids is 1. The minimum absolute atomic E-state index is 0.225. The fourth-order valence-corrected chi connectivity index (χ4v) is 6.24. The Kier molecular flexibility index (Phi) is 6.05. The summed E-state index contributed by atoms with van der Waals surface area (Å²) in [5, 5.41) is 2.62. The van der Waals surface area contributed by atoms with Crippen LogP contribution >= 0.6 is 0 Å². The Balaban J connectivity index is 1.51. The molecular formula is C25H29N3O4S. The zero-order valence-electron chi connectivity index (χ0n) is 18.8.